The maximum atomic E-state index is 12.3. The summed E-state index contributed by atoms with van der Waals surface area (Å²) in [7, 11) is 0. The molecule has 1 fully saturated rings. The van der Waals surface area contributed by atoms with Gasteiger partial charge in [0.15, 0.2) is 0 Å². The van der Waals surface area contributed by atoms with Gasteiger partial charge in [-0.3, -0.25) is 9.69 Å². The quantitative estimate of drug-likeness (QED) is 0.838. The molecule has 4 nitrogen and oxygen atoms in total. The van der Waals surface area contributed by atoms with Gasteiger partial charge >= 0.3 is 0 Å². The van der Waals surface area contributed by atoms with E-state index in [4.69, 9.17) is 5.73 Å². The highest BCUT2D eigenvalue weighted by Gasteiger charge is 2.27. The molecule has 2 rings (SSSR count). The molecule has 0 aliphatic carbocycles. The van der Waals surface area contributed by atoms with Crippen molar-refractivity contribution < 1.29 is 4.79 Å². The van der Waals surface area contributed by atoms with Crippen LogP contribution in [0.1, 0.15) is 33.6 Å². The van der Waals surface area contributed by atoms with Gasteiger partial charge in [0.05, 0.1) is 6.04 Å². The molecule has 0 aromatic heterocycles. The number of amides is 1. The lowest BCUT2D eigenvalue weighted by molar-refractivity contribution is -0.121. The molecule has 1 amide bonds. The Kier molecular flexibility index (Phi) is 5.23. The summed E-state index contributed by atoms with van der Waals surface area (Å²) in [6, 6.07) is 7.19. The smallest absolute Gasteiger partial charge is 0.241 e. The normalized spacial score (nSPS) is 18.7. The van der Waals surface area contributed by atoms with Crippen molar-refractivity contribution in [2.45, 2.75) is 39.7 Å². The minimum absolute atomic E-state index is 0.0581. The zero-order valence-electron chi connectivity index (χ0n) is 13.3. The molecule has 116 valence electrons. The monoisotopic (exact) mass is 289 g/mol. The number of anilines is 2. The average molecular weight is 289 g/mol. The Morgan fingerprint density at radius 2 is 1.76 bits per heavy atom. The Bertz CT molecular complexity index is 461. The van der Waals surface area contributed by atoms with E-state index in [1.54, 1.807) is 12.1 Å². The third kappa shape index (κ3) is 4.21. The van der Waals surface area contributed by atoms with E-state index >= 15 is 0 Å². The highest BCUT2D eigenvalue weighted by atomic mass is 16.2. The number of hydrogen-bond donors (Lipinski definition) is 2. The largest absolute Gasteiger partial charge is 0.399 e. The molecule has 3 N–H and O–H groups in total. The summed E-state index contributed by atoms with van der Waals surface area (Å²) >= 11 is 0. The molecule has 1 unspecified atom stereocenters. The first-order valence-electron chi connectivity index (χ1n) is 7.88. The van der Waals surface area contributed by atoms with Crippen LogP contribution >= 0.6 is 0 Å². The topological polar surface area (TPSA) is 58.4 Å². The summed E-state index contributed by atoms with van der Waals surface area (Å²) in [5.41, 5.74) is 7.16. The lowest BCUT2D eigenvalue weighted by Gasteiger charge is -2.36. The van der Waals surface area contributed by atoms with E-state index in [1.165, 1.54) is 12.8 Å². The highest BCUT2D eigenvalue weighted by Crippen LogP contribution is 2.25. The Hall–Kier alpha value is -1.55. The van der Waals surface area contributed by atoms with Crippen molar-refractivity contribution in [2.24, 2.45) is 11.8 Å². The van der Waals surface area contributed by atoms with Gasteiger partial charge in [0, 0.05) is 11.4 Å². The number of carbonyl (C=O) groups excluding carboxylic acids is 1. The first-order valence-corrected chi connectivity index (χ1v) is 7.88. The number of hydrogen-bond acceptors (Lipinski definition) is 3. The van der Waals surface area contributed by atoms with Crippen LogP contribution < -0.4 is 11.1 Å². The van der Waals surface area contributed by atoms with Crippen LogP contribution in [0.15, 0.2) is 24.3 Å². The summed E-state index contributed by atoms with van der Waals surface area (Å²) in [6.07, 6.45) is 2.38. The minimum atomic E-state index is -0.0873. The second-order valence-corrected chi connectivity index (χ2v) is 6.40. The molecule has 1 saturated heterocycles. The van der Waals surface area contributed by atoms with E-state index in [0.717, 1.165) is 30.6 Å². The molecule has 21 heavy (non-hydrogen) atoms. The number of nitrogens with zero attached hydrogens (tertiary/aromatic N) is 1. The maximum absolute atomic E-state index is 12.3. The Morgan fingerprint density at radius 1 is 1.19 bits per heavy atom. The van der Waals surface area contributed by atoms with Crippen LogP contribution in [-0.4, -0.2) is 29.9 Å². The number of piperidine rings is 1. The highest BCUT2D eigenvalue weighted by molar-refractivity contribution is 5.94. The van der Waals surface area contributed by atoms with E-state index in [0.29, 0.717) is 5.69 Å². The molecular weight excluding hydrogens is 262 g/mol. The van der Waals surface area contributed by atoms with Crippen LogP contribution in [0.5, 0.6) is 0 Å². The fraction of sp³-hybridized carbons (Fsp3) is 0.588. The third-order valence-electron chi connectivity index (χ3n) is 4.62. The molecule has 1 aromatic carbocycles. The summed E-state index contributed by atoms with van der Waals surface area (Å²) in [5.74, 6) is 1.60. The van der Waals surface area contributed by atoms with Crippen molar-refractivity contribution in [3.63, 3.8) is 0 Å². The molecule has 0 saturated carbocycles. The van der Waals surface area contributed by atoms with Crippen LogP contribution in [0.3, 0.4) is 0 Å². The number of likely N-dealkylation sites (tertiary alicyclic amines) is 1. The minimum Gasteiger partial charge on any atom is -0.399 e. The number of nitrogen functional groups attached to an aromatic ring is 1. The lowest BCUT2D eigenvalue weighted by Crippen LogP contribution is -2.46. The van der Waals surface area contributed by atoms with Crippen LogP contribution in [0.25, 0.3) is 0 Å². The van der Waals surface area contributed by atoms with Gasteiger partial charge in [0.25, 0.3) is 0 Å². The maximum Gasteiger partial charge on any atom is 0.241 e. The Morgan fingerprint density at radius 3 is 2.29 bits per heavy atom. The molecule has 1 aliphatic rings. The molecule has 1 heterocycles. The Balaban J connectivity index is 1.87. The summed E-state index contributed by atoms with van der Waals surface area (Å²) in [5, 5.41) is 2.96. The van der Waals surface area contributed by atoms with Gasteiger partial charge in [-0.1, -0.05) is 13.8 Å². The predicted molar refractivity (Wildman–Crippen MR) is 88.1 cm³/mol. The van der Waals surface area contributed by atoms with Gasteiger partial charge in [-0.15, -0.1) is 0 Å². The van der Waals surface area contributed by atoms with E-state index in [2.05, 4.69) is 24.1 Å². The van der Waals surface area contributed by atoms with Crippen LogP contribution in [0, 0.1) is 11.8 Å². The summed E-state index contributed by atoms with van der Waals surface area (Å²) in [6.45, 7) is 8.59. The fourth-order valence-electron chi connectivity index (χ4n) is 2.95. The van der Waals surface area contributed by atoms with E-state index < -0.39 is 0 Å². The SMILES string of the molecule is CC(C)C1CCN(C(C)C(=O)Nc2ccc(N)cc2)CC1. The second kappa shape index (κ2) is 6.94. The number of benzene rings is 1. The molecule has 4 heteroatoms. The van der Waals surface area contributed by atoms with Gasteiger partial charge in [-0.05, 0) is 69.0 Å². The standard InChI is InChI=1S/C17H27N3O/c1-12(2)14-8-10-20(11-9-14)13(3)17(21)19-16-6-4-15(18)5-7-16/h4-7,12-14H,8-11,18H2,1-3H3,(H,19,21). The van der Waals surface area contributed by atoms with Crippen molar-refractivity contribution in [1.82, 2.24) is 4.90 Å². The second-order valence-electron chi connectivity index (χ2n) is 6.40. The number of rotatable bonds is 4. The van der Waals surface area contributed by atoms with Crippen LogP contribution in [0.4, 0.5) is 11.4 Å². The van der Waals surface area contributed by atoms with Gasteiger partial charge in [-0.2, -0.15) is 0 Å². The first-order chi connectivity index (χ1) is 9.97. The zero-order valence-corrected chi connectivity index (χ0v) is 13.3. The first kappa shape index (κ1) is 15.8. The van der Waals surface area contributed by atoms with Crippen LogP contribution in [-0.2, 0) is 4.79 Å². The lowest BCUT2D eigenvalue weighted by atomic mass is 9.86. The van der Waals surface area contributed by atoms with Gasteiger partial charge in [0.1, 0.15) is 0 Å². The molecular formula is C17H27N3O. The van der Waals surface area contributed by atoms with Crippen LogP contribution in [0.2, 0.25) is 0 Å². The molecule has 1 aliphatic heterocycles. The van der Waals surface area contributed by atoms with Gasteiger partial charge in [0.2, 0.25) is 5.91 Å². The Labute approximate surface area is 127 Å². The van der Waals surface area contributed by atoms with Crippen molar-refractivity contribution >= 4 is 17.3 Å². The predicted octanol–water partition coefficient (Wildman–Crippen LogP) is 2.96. The number of nitrogens with two attached hydrogens (primary N) is 1. The molecule has 0 bridgehead atoms. The number of carbonyl (C=O) groups is 1. The van der Waals surface area contributed by atoms with Crippen molar-refractivity contribution in [3.8, 4) is 0 Å². The molecule has 0 spiro atoms. The van der Waals surface area contributed by atoms with E-state index in [1.807, 2.05) is 19.1 Å². The molecule has 0 radical (unpaired) electrons. The van der Waals surface area contributed by atoms with Crippen molar-refractivity contribution in [1.29, 1.82) is 0 Å². The van der Waals surface area contributed by atoms with Gasteiger partial charge < -0.3 is 11.1 Å². The molecule has 1 aromatic rings. The summed E-state index contributed by atoms with van der Waals surface area (Å²) in [4.78, 5) is 14.6. The average Bonchev–Trinajstić information content (AvgIpc) is 2.49. The molecule has 1 atom stereocenters. The fourth-order valence-corrected chi connectivity index (χ4v) is 2.95. The number of nitrogens with one attached hydrogen (secondary N) is 1. The van der Waals surface area contributed by atoms with Crippen molar-refractivity contribution in [3.05, 3.63) is 24.3 Å². The van der Waals surface area contributed by atoms with E-state index in [9.17, 15) is 4.79 Å². The van der Waals surface area contributed by atoms with E-state index in [-0.39, 0.29) is 11.9 Å². The summed E-state index contributed by atoms with van der Waals surface area (Å²) < 4.78 is 0. The van der Waals surface area contributed by atoms with Crippen molar-refractivity contribution in [2.75, 3.05) is 24.1 Å². The van der Waals surface area contributed by atoms with Gasteiger partial charge in [-0.25, -0.2) is 0 Å². The zero-order chi connectivity index (χ0) is 15.4. The third-order valence-corrected chi connectivity index (χ3v) is 4.62.